The molecule has 1 aromatic rings. The van der Waals surface area contributed by atoms with Gasteiger partial charge in [0.1, 0.15) is 0 Å². The van der Waals surface area contributed by atoms with Crippen molar-refractivity contribution in [3.8, 4) is 0 Å². The highest BCUT2D eigenvalue weighted by molar-refractivity contribution is 5.75. The van der Waals surface area contributed by atoms with Crippen LogP contribution in [0.5, 0.6) is 0 Å². The summed E-state index contributed by atoms with van der Waals surface area (Å²) in [7, 11) is 1.93. The molecule has 1 aliphatic heterocycles. The Morgan fingerprint density at radius 2 is 2.23 bits per heavy atom. The molecule has 0 aromatic carbocycles. The van der Waals surface area contributed by atoms with Gasteiger partial charge in [0.05, 0.1) is 11.7 Å². The predicted molar refractivity (Wildman–Crippen MR) is 85.6 cm³/mol. The Bertz CT molecular complexity index is 526. The maximum Gasteiger partial charge on any atom is 0.317 e. The van der Waals surface area contributed by atoms with Crippen molar-refractivity contribution in [2.24, 2.45) is 13.0 Å². The Balaban J connectivity index is 2.08. The van der Waals surface area contributed by atoms with E-state index in [1.54, 1.807) is 0 Å². The summed E-state index contributed by atoms with van der Waals surface area (Å²) in [4.78, 5) is 14.4. The van der Waals surface area contributed by atoms with Crippen molar-refractivity contribution < 1.29 is 9.90 Å². The molecule has 6 nitrogen and oxygen atoms in total. The standard InChI is InChI=1S/C16H28N4O2/c1-5-14(15-11(2)18-19(4)12(15)3)17-16(22)20-8-6-7-13(9-20)10-21/h13-14,21H,5-10H2,1-4H3,(H,17,22). The molecule has 6 heteroatoms. The van der Waals surface area contributed by atoms with Crippen molar-refractivity contribution in [1.29, 1.82) is 0 Å². The Labute approximate surface area is 132 Å². The first-order valence-electron chi connectivity index (χ1n) is 8.14. The van der Waals surface area contributed by atoms with Crippen LogP contribution in [-0.2, 0) is 7.05 Å². The fourth-order valence-electron chi connectivity index (χ4n) is 3.31. The van der Waals surface area contributed by atoms with E-state index < -0.39 is 0 Å². The van der Waals surface area contributed by atoms with Gasteiger partial charge in [-0.2, -0.15) is 5.10 Å². The minimum Gasteiger partial charge on any atom is -0.396 e. The number of likely N-dealkylation sites (tertiary alicyclic amines) is 1. The van der Waals surface area contributed by atoms with Crippen molar-refractivity contribution in [1.82, 2.24) is 20.0 Å². The second kappa shape index (κ2) is 7.13. The van der Waals surface area contributed by atoms with Gasteiger partial charge >= 0.3 is 6.03 Å². The van der Waals surface area contributed by atoms with Crippen LogP contribution in [0.1, 0.15) is 49.2 Å². The lowest BCUT2D eigenvalue weighted by molar-refractivity contribution is 0.127. The van der Waals surface area contributed by atoms with Crippen LogP contribution in [0.25, 0.3) is 0 Å². The van der Waals surface area contributed by atoms with Gasteiger partial charge in [0.25, 0.3) is 0 Å². The lowest BCUT2D eigenvalue weighted by Crippen LogP contribution is -2.47. The summed E-state index contributed by atoms with van der Waals surface area (Å²) in [5.41, 5.74) is 3.18. The summed E-state index contributed by atoms with van der Waals surface area (Å²) in [6.45, 7) is 7.66. The van der Waals surface area contributed by atoms with E-state index >= 15 is 0 Å². The van der Waals surface area contributed by atoms with Gasteiger partial charge in [-0.1, -0.05) is 6.92 Å². The number of aromatic nitrogens is 2. The molecular formula is C16H28N4O2. The summed E-state index contributed by atoms with van der Waals surface area (Å²) in [6, 6.07) is -0.0524. The minimum atomic E-state index is -0.0346. The summed E-state index contributed by atoms with van der Waals surface area (Å²) in [5.74, 6) is 0.210. The van der Waals surface area contributed by atoms with Crippen LogP contribution in [0.15, 0.2) is 0 Å². The zero-order chi connectivity index (χ0) is 16.3. The van der Waals surface area contributed by atoms with Crippen LogP contribution in [0.4, 0.5) is 4.79 Å². The molecule has 0 radical (unpaired) electrons. The molecule has 22 heavy (non-hydrogen) atoms. The molecule has 1 saturated heterocycles. The smallest absolute Gasteiger partial charge is 0.317 e. The van der Waals surface area contributed by atoms with Gasteiger partial charge in [0, 0.05) is 38.0 Å². The SMILES string of the molecule is CCC(NC(=O)N1CCCC(CO)C1)c1c(C)nn(C)c1C. The number of carbonyl (C=O) groups excluding carboxylic acids is 1. The lowest BCUT2D eigenvalue weighted by Gasteiger charge is -2.33. The zero-order valence-electron chi connectivity index (χ0n) is 14.1. The molecule has 1 fully saturated rings. The summed E-state index contributed by atoms with van der Waals surface area (Å²) >= 11 is 0. The highest BCUT2D eigenvalue weighted by Gasteiger charge is 2.26. The molecule has 2 rings (SSSR count). The fourth-order valence-corrected chi connectivity index (χ4v) is 3.31. The maximum atomic E-state index is 12.5. The fraction of sp³-hybridized carbons (Fsp3) is 0.750. The third-order valence-electron chi connectivity index (χ3n) is 4.68. The van der Waals surface area contributed by atoms with E-state index in [9.17, 15) is 9.90 Å². The third kappa shape index (κ3) is 3.43. The molecule has 2 atom stereocenters. The van der Waals surface area contributed by atoms with Crippen LogP contribution < -0.4 is 5.32 Å². The molecule has 0 spiro atoms. The van der Waals surface area contributed by atoms with E-state index in [-0.39, 0.29) is 24.6 Å². The second-order valence-electron chi connectivity index (χ2n) is 6.26. The number of aliphatic hydroxyl groups excluding tert-OH is 1. The number of aliphatic hydroxyl groups is 1. The number of amides is 2. The lowest BCUT2D eigenvalue weighted by atomic mass is 9.99. The van der Waals surface area contributed by atoms with E-state index in [0.717, 1.165) is 42.8 Å². The van der Waals surface area contributed by atoms with Crippen molar-refractivity contribution in [2.45, 2.75) is 46.1 Å². The van der Waals surface area contributed by atoms with E-state index in [4.69, 9.17) is 0 Å². The number of aryl methyl sites for hydroxylation is 2. The quantitative estimate of drug-likeness (QED) is 0.892. The maximum absolute atomic E-state index is 12.5. The van der Waals surface area contributed by atoms with Gasteiger partial charge < -0.3 is 15.3 Å². The van der Waals surface area contributed by atoms with Crippen LogP contribution in [-0.4, -0.2) is 45.5 Å². The first-order chi connectivity index (χ1) is 10.5. The number of piperidine rings is 1. The van der Waals surface area contributed by atoms with Crippen molar-refractivity contribution in [3.05, 3.63) is 17.0 Å². The molecule has 0 bridgehead atoms. The molecule has 2 unspecified atom stereocenters. The van der Waals surface area contributed by atoms with Gasteiger partial charge in [-0.3, -0.25) is 4.68 Å². The Morgan fingerprint density at radius 1 is 1.50 bits per heavy atom. The molecule has 2 amide bonds. The number of urea groups is 1. The van der Waals surface area contributed by atoms with Gasteiger partial charge in [-0.15, -0.1) is 0 Å². The summed E-state index contributed by atoms with van der Waals surface area (Å²) in [6.07, 6.45) is 2.79. The van der Waals surface area contributed by atoms with Crippen LogP contribution in [0.2, 0.25) is 0 Å². The van der Waals surface area contributed by atoms with Crippen molar-refractivity contribution in [3.63, 3.8) is 0 Å². The molecule has 2 N–H and O–H groups in total. The number of hydrogen-bond donors (Lipinski definition) is 2. The average molecular weight is 308 g/mol. The van der Waals surface area contributed by atoms with Gasteiger partial charge in [0.15, 0.2) is 0 Å². The first-order valence-corrected chi connectivity index (χ1v) is 8.14. The van der Waals surface area contributed by atoms with E-state index in [1.165, 1.54) is 0 Å². The first kappa shape index (κ1) is 16.8. The Hall–Kier alpha value is -1.56. The van der Waals surface area contributed by atoms with E-state index in [1.807, 2.05) is 30.5 Å². The average Bonchev–Trinajstić information content (AvgIpc) is 2.78. The molecular weight excluding hydrogens is 280 g/mol. The van der Waals surface area contributed by atoms with Crippen LogP contribution >= 0.6 is 0 Å². The van der Waals surface area contributed by atoms with Crippen LogP contribution in [0, 0.1) is 19.8 Å². The van der Waals surface area contributed by atoms with Gasteiger partial charge in [-0.25, -0.2) is 4.79 Å². The number of carbonyl (C=O) groups is 1. The number of rotatable bonds is 4. The minimum absolute atomic E-state index is 0.0179. The number of hydrogen-bond acceptors (Lipinski definition) is 3. The Morgan fingerprint density at radius 3 is 2.77 bits per heavy atom. The Kier molecular flexibility index (Phi) is 5.45. The topological polar surface area (TPSA) is 70.4 Å². The third-order valence-corrected chi connectivity index (χ3v) is 4.68. The van der Waals surface area contributed by atoms with E-state index in [2.05, 4.69) is 17.3 Å². The van der Waals surface area contributed by atoms with Crippen LogP contribution in [0.3, 0.4) is 0 Å². The van der Waals surface area contributed by atoms with Crippen molar-refractivity contribution >= 4 is 6.03 Å². The summed E-state index contributed by atoms with van der Waals surface area (Å²) in [5, 5.41) is 16.9. The zero-order valence-corrected chi connectivity index (χ0v) is 14.1. The molecule has 1 aliphatic rings. The van der Waals surface area contributed by atoms with Crippen molar-refractivity contribution in [2.75, 3.05) is 19.7 Å². The second-order valence-corrected chi connectivity index (χ2v) is 6.26. The highest BCUT2D eigenvalue weighted by atomic mass is 16.3. The number of nitrogens with zero attached hydrogens (tertiary/aromatic N) is 3. The predicted octanol–water partition coefficient (Wildman–Crippen LogP) is 1.90. The number of nitrogens with one attached hydrogen (secondary N) is 1. The van der Waals surface area contributed by atoms with Gasteiger partial charge in [0.2, 0.25) is 0 Å². The monoisotopic (exact) mass is 308 g/mol. The molecule has 0 aliphatic carbocycles. The molecule has 124 valence electrons. The largest absolute Gasteiger partial charge is 0.396 e. The summed E-state index contributed by atoms with van der Waals surface area (Å²) < 4.78 is 1.86. The molecule has 1 aromatic heterocycles. The normalized spacial score (nSPS) is 20.0. The molecule has 2 heterocycles. The van der Waals surface area contributed by atoms with Gasteiger partial charge in [-0.05, 0) is 39.0 Å². The highest BCUT2D eigenvalue weighted by Crippen LogP contribution is 2.24. The molecule has 0 saturated carbocycles. The van der Waals surface area contributed by atoms with E-state index in [0.29, 0.717) is 6.54 Å².